The van der Waals surface area contributed by atoms with Gasteiger partial charge in [0, 0.05) is 53.8 Å². The van der Waals surface area contributed by atoms with E-state index in [1.54, 1.807) is 19.1 Å². The lowest BCUT2D eigenvalue weighted by molar-refractivity contribution is -0.136. The minimum atomic E-state index is -0.356. The predicted octanol–water partition coefficient (Wildman–Crippen LogP) is 2.90. The summed E-state index contributed by atoms with van der Waals surface area (Å²) in [6.07, 6.45) is 0.996. The van der Waals surface area contributed by atoms with Crippen molar-refractivity contribution in [2.24, 2.45) is 5.92 Å². The van der Waals surface area contributed by atoms with E-state index < -0.39 is 0 Å². The summed E-state index contributed by atoms with van der Waals surface area (Å²) in [4.78, 5) is 39.1. The van der Waals surface area contributed by atoms with Crippen LogP contribution in [0.15, 0.2) is 44.3 Å². The molecular weight excluding hydrogens is 408 g/mol. The Morgan fingerprint density at radius 2 is 1.84 bits per heavy atom. The van der Waals surface area contributed by atoms with E-state index >= 15 is 0 Å². The number of benzene rings is 1. The summed E-state index contributed by atoms with van der Waals surface area (Å²) < 4.78 is 13.2. The van der Waals surface area contributed by atoms with Crippen molar-refractivity contribution in [3.63, 3.8) is 0 Å². The Balaban J connectivity index is 1.33. The minimum absolute atomic E-state index is 0.0316. The Kier molecular flexibility index (Phi) is 4.92. The highest BCUT2D eigenvalue weighted by Crippen LogP contribution is 2.35. The van der Waals surface area contributed by atoms with Crippen LogP contribution < -0.4 is 15.9 Å². The van der Waals surface area contributed by atoms with Crippen LogP contribution in [0.1, 0.15) is 34.7 Å². The first-order valence-electron chi connectivity index (χ1n) is 11.0. The van der Waals surface area contributed by atoms with Crippen molar-refractivity contribution in [3.8, 4) is 5.75 Å². The van der Waals surface area contributed by atoms with E-state index in [1.165, 1.54) is 0 Å². The lowest BCUT2D eigenvalue weighted by Gasteiger charge is -2.42. The van der Waals surface area contributed by atoms with Crippen molar-refractivity contribution < 1.29 is 13.9 Å². The number of piperidine rings is 1. The number of fused-ring (bicyclic) bond motifs is 5. The first-order valence-corrected chi connectivity index (χ1v) is 11.0. The van der Waals surface area contributed by atoms with E-state index in [1.807, 2.05) is 41.5 Å². The van der Waals surface area contributed by atoms with E-state index in [9.17, 15) is 14.4 Å². The summed E-state index contributed by atoms with van der Waals surface area (Å²) in [7, 11) is 0. The van der Waals surface area contributed by atoms with Gasteiger partial charge in [-0.2, -0.15) is 0 Å². The highest BCUT2D eigenvalue weighted by atomic mass is 16.5. The monoisotopic (exact) mass is 434 g/mol. The van der Waals surface area contributed by atoms with Crippen LogP contribution in [-0.2, 0) is 11.3 Å². The number of amides is 1. The molecule has 2 aliphatic rings. The number of carbonyl (C=O) groups is 1. The Bertz CT molecular complexity index is 1350. The molecule has 0 N–H and O–H groups in total. The smallest absolute Gasteiger partial charge is 0.339 e. The molecule has 2 atom stereocenters. The second kappa shape index (κ2) is 7.65. The van der Waals surface area contributed by atoms with E-state index in [2.05, 4.69) is 0 Å². The summed E-state index contributed by atoms with van der Waals surface area (Å²) in [6.45, 7) is 7.27. The quantitative estimate of drug-likeness (QED) is 0.592. The first-order chi connectivity index (χ1) is 15.3. The van der Waals surface area contributed by atoms with Gasteiger partial charge in [-0.15, -0.1) is 0 Å². The van der Waals surface area contributed by atoms with Gasteiger partial charge in [0.05, 0.1) is 0 Å². The molecule has 32 heavy (non-hydrogen) atoms. The lowest BCUT2D eigenvalue weighted by Crippen LogP contribution is -2.50. The molecule has 2 aromatic heterocycles. The summed E-state index contributed by atoms with van der Waals surface area (Å²) in [5.74, 6) is 0.898. The largest absolute Gasteiger partial charge is 0.483 e. The molecule has 3 aromatic rings. The van der Waals surface area contributed by atoms with Gasteiger partial charge in [0.15, 0.2) is 6.61 Å². The topological polar surface area (TPSA) is 81.8 Å². The van der Waals surface area contributed by atoms with E-state index in [4.69, 9.17) is 9.15 Å². The number of aryl methyl sites for hydroxylation is 2. The molecule has 0 radical (unpaired) electrons. The molecule has 0 saturated carbocycles. The second-order valence-electron chi connectivity index (χ2n) is 8.99. The molecule has 5 rings (SSSR count). The maximum absolute atomic E-state index is 13.0. The van der Waals surface area contributed by atoms with Crippen LogP contribution in [0.3, 0.4) is 0 Å². The Hall–Kier alpha value is -3.35. The van der Waals surface area contributed by atoms with Crippen molar-refractivity contribution in [3.05, 3.63) is 73.5 Å². The molecule has 0 unspecified atom stereocenters. The third kappa shape index (κ3) is 3.32. The van der Waals surface area contributed by atoms with Crippen LogP contribution in [0, 0.1) is 26.7 Å². The summed E-state index contributed by atoms with van der Waals surface area (Å²) in [6, 6.07) is 9.07. The fourth-order valence-electron chi connectivity index (χ4n) is 5.11. The molecule has 2 bridgehead atoms. The van der Waals surface area contributed by atoms with Crippen molar-refractivity contribution in [2.45, 2.75) is 39.7 Å². The number of rotatable bonds is 3. The van der Waals surface area contributed by atoms with Crippen molar-refractivity contribution in [2.75, 3.05) is 19.7 Å². The standard InChI is InChI=1S/C25H26N2O5/c1-14-15(2)25(30)32-24-16(3)21(8-7-19(14)24)31-13-23(29)26-10-17-9-18(12-26)20-5-4-6-22(28)27(20)11-17/h4-8,17-18H,9-13H2,1-3H3/t17-,18+/m1/s1. The number of hydrogen-bond donors (Lipinski definition) is 0. The number of aromatic nitrogens is 1. The van der Waals surface area contributed by atoms with Crippen molar-refractivity contribution >= 4 is 16.9 Å². The average molecular weight is 434 g/mol. The Morgan fingerprint density at radius 3 is 2.66 bits per heavy atom. The summed E-state index contributed by atoms with van der Waals surface area (Å²) >= 11 is 0. The van der Waals surface area contributed by atoms with Gasteiger partial charge in [-0.3, -0.25) is 9.59 Å². The maximum Gasteiger partial charge on any atom is 0.339 e. The van der Waals surface area contributed by atoms with Crippen LogP contribution in [-0.4, -0.2) is 35.1 Å². The van der Waals surface area contributed by atoms with Crippen molar-refractivity contribution in [1.29, 1.82) is 0 Å². The average Bonchev–Trinajstić information content (AvgIpc) is 2.78. The molecule has 1 aromatic carbocycles. The van der Waals surface area contributed by atoms with E-state index in [0.29, 0.717) is 42.1 Å². The van der Waals surface area contributed by atoms with Gasteiger partial charge < -0.3 is 18.6 Å². The zero-order valence-electron chi connectivity index (χ0n) is 18.5. The van der Waals surface area contributed by atoms with Crippen LogP contribution in [0.25, 0.3) is 11.0 Å². The molecule has 7 heteroatoms. The molecular formula is C25H26N2O5. The Labute approximate surface area is 185 Å². The molecule has 1 fully saturated rings. The first kappa shape index (κ1) is 20.5. The molecule has 1 amide bonds. The number of nitrogens with zero attached hydrogens (tertiary/aromatic N) is 2. The molecule has 166 valence electrons. The second-order valence-corrected chi connectivity index (χ2v) is 8.99. The third-order valence-electron chi connectivity index (χ3n) is 7.01. The molecule has 2 aliphatic heterocycles. The third-order valence-corrected chi connectivity index (χ3v) is 7.01. The number of carbonyl (C=O) groups excluding carboxylic acids is 1. The molecule has 1 saturated heterocycles. The SMILES string of the molecule is Cc1c(C)c2ccc(OCC(=O)N3C[C@H]4C[C@@H](C3)c3cccc(=O)n3C4)c(C)c2oc1=O. The minimum Gasteiger partial charge on any atom is -0.483 e. The van der Waals surface area contributed by atoms with Gasteiger partial charge in [-0.1, -0.05) is 6.07 Å². The fourth-order valence-corrected chi connectivity index (χ4v) is 5.11. The van der Waals surface area contributed by atoms with Crippen LogP contribution >= 0.6 is 0 Å². The number of likely N-dealkylation sites (tertiary alicyclic amines) is 1. The van der Waals surface area contributed by atoms with Crippen LogP contribution in [0.4, 0.5) is 0 Å². The lowest BCUT2D eigenvalue weighted by atomic mass is 9.83. The fraction of sp³-hybridized carbons (Fsp3) is 0.400. The Morgan fingerprint density at radius 1 is 1.03 bits per heavy atom. The van der Waals surface area contributed by atoms with Crippen LogP contribution in [0.2, 0.25) is 0 Å². The van der Waals surface area contributed by atoms with Gasteiger partial charge in [-0.05, 0) is 56.9 Å². The van der Waals surface area contributed by atoms with E-state index in [-0.39, 0.29) is 35.5 Å². The van der Waals surface area contributed by atoms with Crippen molar-refractivity contribution in [1.82, 2.24) is 9.47 Å². The zero-order valence-corrected chi connectivity index (χ0v) is 18.5. The highest BCUT2D eigenvalue weighted by molar-refractivity contribution is 5.86. The number of ether oxygens (including phenoxy) is 1. The number of hydrogen-bond acceptors (Lipinski definition) is 5. The van der Waals surface area contributed by atoms with Gasteiger partial charge >= 0.3 is 5.63 Å². The van der Waals surface area contributed by atoms with Gasteiger partial charge in [0.1, 0.15) is 11.3 Å². The predicted molar refractivity (Wildman–Crippen MR) is 120 cm³/mol. The maximum atomic E-state index is 13.0. The van der Waals surface area contributed by atoms with Gasteiger partial charge in [0.2, 0.25) is 0 Å². The molecule has 7 nitrogen and oxygen atoms in total. The normalized spacial score (nSPS) is 19.7. The van der Waals surface area contributed by atoms with Gasteiger partial charge in [0.25, 0.3) is 11.5 Å². The molecule has 4 heterocycles. The summed E-state index contributed by atoms with van der Waals surface area (Å²) in [5, 5.41) is 0.871. The highest BCUT2D eigenvalue weighted by Gasteiger charge is 2.36. The number of pyridine rings is 1. The zero-order chi connectivity index (χ0) is 22.6. The summed E-state index contributed by atoms with van der Waals surface area (Å²) in [5.41, 5.74) is 3.38. The van der Waals surface area contributed by atoms with Crippen LogP contribution in [0.5, 0.6) is 5.75 Å². The van der Waals surface area contributed by atoms with E-state index in [0.717, 1.165) is 23.1 Å². The van der Waals surface area contributed by atoms with Gasteiger partial charge in [-0.25, -0.2) is 4.79 Å². The molecule has 0 spiro atoms. The molecule has 0 aliphatic carbocycles.